The van der Waals surface area contributed by atoms with Gasteiger partial charge in [0, 0.05) is 6.54 Å². The van der Waals surface area contributed by atoms with Crippen LogP contribution in [-0.2, 0) is 21.4 Å². The predicted molar refractivity (Wildman–Crippen MR) is 94.1 cm³/mol. The van der Waals surface area contributed by atoms with Gasteiger partial charge in [0.1, 0.15) is 6.04 Å². The Kier molecular flexibility index (Phi) is 5.99. The lowest BCUT2D eigenvalue weighted by atomic mass is 9.86. The molecule has 2 rings (SSSR count). The molecular formula is C19H28N2O3. The molecule has 5 heteroatoms. The van der Waals surface area contributed by atoms with Gasteiger partial charge in [-0.15, -0.1) is 0 Å². The van der Waals surface area contributed by atoms with Crippen molar-refractivity contribution in [3.8, 4) is 0 Å². The number of benzene rings is 1. The minimum Gasteiger partial charge on any atom is -0.480 e. The summed E-state index contributed by atoms with van der Waals surface area (Å²) in [5.41, 5.74) is 2.63. The first-order chi connectivity index (χ1) is 11.3. The first-order valence-electron chi connectivity index (χ1n) is 8.60. The molecule has 1 atom stereocenters. The summed E-state index contributed by atoms with van der Waals surface area (Å²) >= 11 is 0. The quantitative estimate of drug-likeness (QED) is 0.838. The number of carboxylic acid groups (broad SMARTS) is 1. The Bertz CT molecular complexity index is 575. The lowest BCUT2D eigenvalue weighted by Crippen LogP contribution is -2.43. The fourth-order valence-electron chi connectivity index (χ4n) is 3.05. The average Bonchev–Trinajstić information content (AvgIpc) is 2.95. The van der Waals surface area contributed by atoms with Crippen molar-refractivity contribution in [3.63, 3.8) is 0 Å². The van der Waals surface area contributed by atoms with E-state index in [1.54, 1.807) is 4.90 Å². The third kappa shape index (κ3) is 5.06. The van der Waals surface area contributed by atoms with E-state index in [0.29, 0.717) is 19.5 Å². The number of carboxylic acids is 1. The molecule has 1 amide bonds. The largest absolute Gasteiger partial charge is 0.480 e. The third-order valence-electron chi connectivity index (χ3n) is 4.55. The average molecular weight is 332 g/mol. The van der Waals surface area contributed by atoms with E-state index in [1.807, 2.05) is 0 Å². The second-order valence-electron chi connectivity index (χ2n) is 7.51. The number of rotatable bonds is 6. The van der Waals surface area contributed by atoms with Crippen LogP contribution < -0.4 is 5.32 Å². The molecule has 2 N–H and O–H groups in total. The van der Waals surface area contributed by atoms with Crippen LogP contribution >= 0.6 is 0 Å². The van der Waals surface area contributed by atoms with Crippen LogP contribution in [0.5, 0.6) is 0 Å². The van der Waals surface area contributed by atoms with Crippen molar-refractivity contribution in [2.45, 2.75) is 51.5 Å². The van der Waals surface area contributed by atoms with Crippen molar-refractivity contribution >= 4 is 11.9 Å². The van der Waals surface area contributed by atoms with Gasteiger partial charge < -0.3 is 10.4 Å². The lowest BCUT2D eigenvalue weighted by Gasteiger charge is -2.20. The zero-order valence-electron chi connectivity index (χ0n) is 14.8. The Hall–Kier alpha value is -1.88. The molecule has 24 heavy (non-hydrogen) atoms. The first kappa shape index (κ1) is 18.5. The van der Waals surface area contributed by atoms with E-state index in [-0.39, 0.29) is 17.9 Å². The van der Waals surface area contributed by atoms with E-state index in [9.17, 15) is 9.59 Å². The smallest absolute Gasteiger partial charge is 0.320 e. The lowest BCUT2D eigenvalue weighted by molar-refractivity contribution is -0.142. The number of hydrogen-bond acceptors (Lipinski definition) is 3. The molecule has 5 nitrogen and oxygen atoms in total. The van der Waals surface area contributed by atoms with Crippen molar-refractivity contribution in [2.75, 3.05) is 19.6 Å². The molecule has 1 aromatic rings. The summed E-state index contributed by atoms with van der Waals surface area (Å²) in [6, 6.07) is 7.97. The van der Waals surface area contributed by atoms with Gasteiger partial charge in [0.25, 0.3) is 0 Å². The monoisotopic (exact) mass is 332 g/mol. The summed E-state index contributed by atoms with van der Waals surface area (Å²) in [5, 5.41) is 12.0. The number of nitrogens with one attached hydrogen (secondary N) is 1. The minimum atomic E-state index is -0.834. The Balaban J connectivity index is 1.75. The molecule has 0 bridgehead atoms. The minimum absolute atomic E-state index is 0.102. The molecule has 1 fully saturated rings. The fourth-order valence-corrected chi connectivity index (χ4v) is 3.05. The van der Waals surface area contributed by atoms with Crippen molar-refractivity contribution in [1.29, 1.82) is 0 Å². The van der Waals surface area contributed by atoms with Gasteiger partial charge in [0.2, 0.25) is 5.91 Å². The second kappa shape index (κ2) is 7.79. The van der Waals surface area contributed by atoms with E-state index >= 15 is 0 Å². The molecule has 0 aromatic heterocycles. The fraction of sp³-hybridized carbons (Fsp3) is 0.579. The predicted octanol–water partition coefficient (Wildman–Crippen LogP) is 2.19. The molecule has 132 valence electrons. The zero-order valence-corrected chi connectivity index (χ0v) is 14.8. The van der Waals surface area contributed by atoms with E-state index in [0.717, 1.165) is 12.8 Å². The van der Waals surface area contributed by atoms with Crippen molar-refractivity contribution in [3.05, 3.63) is 35.4 Å². The van der Waals surface area contributed by atoms with Crippen LogP contribution in [0.1, 0.15) is 44.7 Å². The van der Waals surface area contributed by atoms with Crippen LogP contribution in [0.25, 0.3) is 0 Å². The number of likely N-dealkylation sites (tertiary alicyclic amines) is 1. The van der Waals surface area contributed by atoms with Crippen molar-refractivity contribution < 1.29 is 14.7 Å². The summed E-state index contributed by atoms with van der Waals surface area (Å²) in [6.07, 6.45) is 2.24. The van der Waals surface area contributed by atoms with E-state index in [2.05, 4.69) is 50.4 Å². The number of amides is 1. The molecule has 0 saturated carbocycles. The number of aliphatic carboxylic acids is 1. The maximum atomic E-state index is 12.0. The summed E-state index contributed by atoms with van der Waals surface area (Å²) in [6.45, 7) is 7.97. The molecular weight excluding hydrogens is 304 g/mol. The van der Waals surface area contributed by atoms with Crippen LogP contribution in [0.4, 0.5) is 0 Å². The first-order valence-corrected chi connectivity index (χ1v) is 8.60. The van der Waals surface area contributed by atoms with Crippen LogP contribution in [0.3, 0.4) is 0 Å². The van der Waals surface area contributed by atoms with Gasteiger partial charge in [-0.2, -0.15) is 0 Å². The maximum absolute atomic E-state index is 12.0. The Labute approximate surface area is 144 Å². The number of nitrogens with zero attached hydrogens (tertiary/aromatic N) is 1. The number of carbonyl (C=O) groups is 2. The highest BCUT2D eigenvalue weighted by atomic mass is 16.4. The molecule has 0 unspecified atom stereocenters. The molecule has 1 aliphatic rings. The van der Waals surface area contributed by atoms with Gasteiger partial charge >= 0.3 is 5.97 Å². The molecule has 0 spiro atoms. The van der Waals surface area contributed by atoms with Crippen LogP contribution in [0.2, 0.25) is 0 Å². The van der Waals surface area contributed by atoms with Crippen molar-refractivity contribution in [2.24, 2.45) is 0 Å². The highest BCUT2D eigenvalue weighted by Gasteiger charge is 2.31. The number of hydrogen-bond donors (Lipinski definition) is 2. The van der Waals surface area contributed by atoms with E-state index < -0.39 is 12.0 Å². The third-order valence-corrected chi connectivity index (χ3v) is 4.55. The highest BCUT2D eigenvalue weighted by molar-refractivity contribution is 5.80. The SMILES string of the molecule is CC(C)(C)c1ccc(CCNC(=O)CN2CCC[C@H]2C(=O)O)cc1. The Morgan fingerprint density at radius 3 is 2.50 bits per heavy atom. The molecule has 1 aliphatic heterocycles. The Morgan fingerprint density at radius 1 is 1.25 bits per heavy atom. The second-order valence-corrected chi connectivity index (χ2v) is 7.51. The molecule has 1 heterocycles. The summed E-state index contributed by atoms with van der Waals surface area (Å²) in [7, 11) is 0. The van der Waals surface area contributed by atoms with Crippen LogP contribution in [0, 0.1) is 0 Å². The van der Waals surface area contributed by atoms with Crippen LogP contribution in [-0.4, -0.2) is 47.6 Å². The van der Waals surface area contributed by atoms with E-state index in [1.165, 1.54) is 11.1 Å². The van der Waals surface area contributed by atoms with Crippen LogP contribution in [0.15, 0.2) is 24.3 Å². The summed E-state index contributed by atoms with van der Waals surface area (Å²) in [5.74, 6) is -0.936. The van der Waals surface area contributed by atoms with E-state index in [4.69, 9.17) is 5.11 Å². The zero-order chi connectivity index (χ0) is 17.7. The van der Waals surface area contributed by atoms with Crippen molar-refractivity contribution in [1.82, 2.24) is 10.2 Å². The summed E-state index contributed by atoms with van der Waals surface area (Å²) < 4.78 is 0. The van der Waals surface area contributed by atoms with Gasteiger partial charge in [-0.3, -0.25) is 14.5 Å². The maximum Gasteiger partial charge on any atom is 0.320 e. The highest BCUT2D eigenvalue weighted by Crippen LogP contribution is 2.22. The Morgan fingerprint density at radius 2 is 1.92 bits per heavy atom. The van der Waals surface area contributed by atoms with Gasteiger partial charge in [-0.25, -0.2) is 0 Å². The molecule has 0 radical (unpaired) electrons. The normalized spacial score (nSPS) is 18.5. The van der Waals surface area contributed by atoms with Gasteiger partial charge in [-0.05, 0) is 42.3 Å². The van der Waals surface area contributed by atoms with Gasteiger partial charge in [0.05, 0.1) is 6.54 Å². The van der Waals surface area contributed by atoms with Gasteiger partial charge in [0.15, 0.2) is 0 Å². The molecule has 1 aromatic carbocycles. The molecule has 0 aliphatic carbocycles. The number of carbonyl (C=O) groups excluding carboxylic acids is 1. The standard InChI is InChI=1S/C19H28N2O3/c1-19(2,3)15-8-6-14(7-9-15)10-11-20-17(22)13-21-12-4-5-16(21)18(23)24/h6-9,16H,4-5,10-13H2,1-3H3,(H,20,22)(H,23,24)/t16-/m0/s1. The van der Waals surface area contributed by atoms with Gasteiger partial charge in [-0.1, -0.05) is 45.0 Å². The molecule has 1 saturated heterocycles. The summed E-state index contributed by atoms with van der Waals surface area (Å²) in [4.78, 5) is 24.9. The topological polar surface area (TPSA) is 69.6 Å².